The Morgan fingerprint density at radius 2 is 2.11 bits per heavy atom. The zero-order valence-corrected chi connectivity index (χ0v) is 17.2. The van der Waals surface area contributed by atoms with Gasteiger partial charge in [0.2, 0.25) is 0 Å². The van der Waals surface area contributed by atoms with Gasteiger partial charge in [-0.05, 0) is 36.1 Å². The number of hydrogen-bond donors (Lipinski definition) is 0. The molecular formula is C18H14Cl2N4OS2. The van der Waals surface area contributed by atoms with Gasteiger partial charge in [-0.1, -0.05) is 46.2 Å². The van der Waals surface area contributed by atoms with Gasteiger partial charge in [0.15, 0.2) is 5.16 Å². The smallest absolute Gasteiger partial charge is 0.191 e. The third-order valence-electron chi connectivity index (χ3n) is 3.87. The molecule has 4 rings (SSSR count). The Labute approximate surface area is 174 Å². The number of nitrogens with zero attached hydrogens (tertiary/aromatic N) is 4. The molecule has 0 unspecified atom stereocenters. The van der Waals surface area contributed by atoms with Crippen molar-refractivity contribution in [3.05, 3.63) is 68.8 Å². The van der Waals surface area contributed by atoms with Gasteiger partial charge in [-0.15, -0.1) is 21.5 Å². The van der Waals surface area contributed by atoms with Crippen LogP contribution < -0.4 is 0 Å². The van der Waals surface area contributed by atoms with E-state index in [-0.39, 0.29) is 0 Å². The summed E-state index contributed by atoms with van der Waals surface area (Å²) in [6.07, 6.45) is 2.72. The summed E-state index contributed by atoms with van der Waals surface area (Å²) < 4.78 is 7.50. The molecule has 138 valence electrons. The molecule has 3 heterocycles. The van der Waals surface area contributed by atoms with Crippen molar-refractivity contribution in [1.29, 1.82) is 0 Å². The van der Waals surface area contributed by atoms with E-state index < -0.39 is 0 Å². The molecule has 0 aliphatic carbocycles. The second-order valence-electron chi connectivity index (χ2n) is 5.73. The number of hydrogen-bond acceptors (Lipinski definition) is 6. The maximum atomic E-state index is 6.24. The van der Waals surface area contributed by atoms with Crippen LogP contribution in [0.5, 0.6) is 0 Å². The first-order valence-corrected chi connectivity index (χ1v) is 10.7. The largest absolute Gasteiger partial charge is 0.360 e. The van der Waals surface area contributed by atoms with Crippen molar-refractivity contribution in [2.45, 2.75) is 23.9 Å². The van der Waals surface area contributed by atoms with Crippen LogP contribution in [-0.2, 0) is 18.7 Å². The Bertz CT molecular complexity index is 1030. The van der Waals surface area contributed by atoms with E-state index in [9.17, 15) is 0 Å². The molecule has 0 radical (unpaired) electrons. The maximum Gasteiger partial charge on any atom is 0.191 e. The quantitative estimate of drug-likeness (QED) is 0.340. The molecule has 0 amide bonds. The molecule has 1 aromatic carbocycles. The van der Waals surface area contributed by atoms with Crippen molar-refractivity contribution in [3.63, 3.8) is 0 Å². The Balaban J connectivity index is 1.40. The Kier molecular flexibility index (Phi) is 5.83. The van der Waals surface area contributed by atoms with Crippen molar-refractivity contribution in [1.82, 2.24) is 19.9 Å². The van der Waals surface area contributed by atoms with Crippen molar-refractivity contribution in [2.24, 2.45) is 0 Å². The molecule has 0 N–H and O–H groups in total. The zero-order chi connectivity index (χ0) is 18.6. The SMILES string of the molecule is Clc1ccc(-c2cc(CSc3nncn3CCc3cccs3)on2)c(Cl)c1. The minimum absolute atomic E-state index is 0.545. The molecule has 0 atom stereocenters. The monoisotopic (exact) mass is 436 g/mol. The van der Waals surface area contributed by atoms with Gasteiger partial charge < -0.3 is 9.09 Å². The predicted octanol–water partition coefficient (Wildman–Crippen LogP) is 5.84. The molecule has 5 nitrogen and oxygen atoms in total. The van der Waals surface area contributed by atoms with Gasteiger partial charge >= 0.3 is 0 Å². The lowest BCUT2D eigenvalue weighted by Crippen LogP contribution is -2.01. The number of halogens is 2. The fraction of sp³-hybridized carbons (Fsp3) is 0.167. The third-order valence-corrected chi connectivity index (χ3v) is 6.36. The van der Waals surface area contributed by atoms with Crippen LogP contribution in [-0.4, -0.2) is 19.9 Å². The van der Waals surface area contributed by atoms with Crippen LogP contribution in [0.2, 0.25) is 10.0 Å². The molecule has 0 aliphatic rings. The van der Waals surface area contributed by atoms with Crippen LogP contribution in [0.1, 0.15) is 10.6 Å². The Morgan fingerprint density at radius 1 is 1.19 bits per heavy atom. The van der Waals surface area contributed by atoms with Crippen LogP contribution >= 0.6 is 46.3 Å². The van der Waals surface area contributed by atoms with Gasteiger partial charge in [0.1, 0.15) is 17.8 Å². The molecule has 0 bridgehead atoms. The Hall–Kier alpha value is -1.80. The summed E-state index contributed by atoms with van der Waals surface area (Å²) in [6.45, 7) is 0.845. The van der Waals surface area contributed by atoms with Gasteiger partial charge in [-0.2, -0.15) is 0 Å². The molecule has 0 saturated carbocycles. The first-order chi connectivity index (χ1) is 13.2. The van der Waals surface area contributed by atoms with E-state index in [1.165, 1.54) is 4.88 Å². The molecule has 3 aromatic heterocycles. The van der Waals surface area contributed by atoms with Gasteiger partial charge in [-0.3, -0.25) is 0 Å². The number of rotatable bonds is 7. The number of thioether (sulfide) groups is 1. The molecular weight excluding hydrogens is 423 g/mol. The predicted molar refractivity (Wildman–Crippen MR) is 110 cm³/mol. The van der Waals surface area contributed by atoms with Crippen LogP contribution in [0.4, 0.5) is 0 Å². The maximum absolute atomic E-state index is 6.24. The highest BCUT2D eigenvalue weighted by Gasteiger charge is 2.12. The lowest BCUT2D eigenvalue weighted by Gasteiger charge is -2.04. The number of benzene rings is 1. The Morgan fingerprint density at radius 3 is 2.93 bits per heavy atom. The van der Waals surface area contributed by atoms with Crippen LogP contribution in [0.25, 0.3) is 11.3 Å². The summed E-state index contributed by atoms with van der Waals surface area (Å²) in [5.41, 5.74) is 1.48. The highest BCUT2D eigenvalue weighted by atomic mass is 35.5. The summed E-state index contributed by atoms with van der Waals surface area (Å²) in [5.74, 6) is 1.35. The minimum atomic E-state index is 0.545. The summed E-state index contributed by atoms with van der Waals surface area (Å²) in [6, 6.07) is 11.4. The lowest BCUT2D eigenvalue weighted by atomic mass is 10.1. The number of aromatic nitrogens is 4. The topological polar surface area (TPSA) is 56.7 Å². The highest BCUT2D eigenvalue weighted by molar-refractivity contribution is 7.98. The number of thiophene rings is 1. The first kappa shape index (κ1) is 18.6. The zero-order valence-electron chi connectivity index (χ0n) is 14.0. The normalized spacial score (nSPS) is 11.2. The van der Waals surface area contributed by atoms with Crippen LogP contribution in [0.15, 0.2) is 57.8 Å². The van der Waals surface area contributed by atoms with Crippen molar-refractivity contribution in [2.75, 3.05) is 0 Å². The first-order valence-electron chi connectivity index (χ1n) is 8.13. The van der Waals surface area contributed by atoms with E-state index >= 15 is 0 Å². The van der Waals surface area contributed by atoms with E-state index in [2.05, 4.69) is 37.4 Å². The van der Waals surface area contributed by atoms with Gasteiger partial charge in [0, 0.05) is 28.1 Å². The highest BCUT2D eigenvalue weighted by Crippen LogP contribution is 2.31. The van der Waals surface area contributed by atoms with E-state index in [1.54, 1.807) is 41.6 Å². The average molecular weight is 437 g/mol. The van der Waals surface area contributed by atoms with Gasteiger partial charge in [0.05, 0.1) is 10.8 Å². The average Bonchev–Trinajstić information content (AvgIpc) is 3.40. The van der Waals surface area contributed by atoms with Crippen LogP contribution in [0.3, 0.4) is 0 Å². The molecule has 0 spiro atoms. The van der Waals surface area contributed by atoms with E-state index in [0.717, 1.165) is 29.4 Å². The van der Waals surface area contributed by atoms with Gasteiger partial charge in [0.25, 0.3) is 0 Å². The van der Waals surface area contributed by atoms with Crippen molar-refractivity contribution >= 4 is 46.3 Å². The fourth-order valence-corrected chi connectivity index (χ4v) is 4.56. The standard InChI is InChI=1S/C18H14Cl2N4OS2/c19-12-3-4-15(16(20)8-12)17-9-13(25-23-17)10-27-18-22-21-11-24(18)6-5-14-2-1-7-26-14/h1-4,7-9,11H,5-6,10H2. The van der Waals surface area contributed by atoms with Crippen molar-refractivity contribution < 1.29 is 4.52 Å². The van der Waals surface area contributed by atoms with E-state index in [4.69, 9.17) is 27.7 Å². The summed E-state index contributed by atoms with van der Waals surface area (Å²) in [7, 11) is 0. The molecule has 27 heavy (non-hydrogen) atoms. The molecule has 9 heteroatoms. The molecule has 4 aromatic rings. The molecule has 0 aliphatic heterocycles. The summed E-state index contributed by atoms with van der Waals surface area (Å²) in [4.78, 5) is 1.35. The van der Waals surface area contributed by atoms with Crippen LogP contribution in [0, 0.1) is 0 Å². The number of aryl methyl sites for hydroxylation is 2. The molecule has 0 fully saturated rings. The minimum Gasteiger partial charge on any atom is -0.360 e. The van der Waals surface area contributed by atoms with E-state index in [0.29, 0.717) is 21.5 Å². The second kappa shape index (κ2) is 8.48. The summed E-state index contributed by atoms with van der Waals surface area (Å²) in [5, 5.41) is 16.4. The summed E-state index contributed by atoms with van der Waals surface area (Å²) >= 11 is 15.5. The third kappa shape index (κ3) is 4.55. The second-order valence-corrected chi connectivity index (χ2v) is 8.55. The van der Waals surface area contributed by atoms with Gasteiger partial charge in [-0.25, -0.2) is 0 Å². The fourth-order valence-electron chi connectivity index (χ4n) is 2.54. The molecule has 0 saturated heterocycles. The lowest BCUT2D eigenvalue weighted by molar-refractivity contribution is 0.397. The van der Waals surface area contributed by atoms with E-state index in [1.807, 2.05) is 12.1 Å². The van der Waals surface area contributed by atoms with Crippen molar-refractivity contribution in [3.8, 4) is 11.3 Å².